The van der Waals surface area contributed by atoms with E-state index in [0.29, 0.717) is 11.8 Å². The summed E-state index contributed by atoms with van der Waals surface area (Å²) in [6, 6.07) is 8.32. The van der Waals surface area contributed by atoms with Crippen LogP contribution in [-0.2, 0) is 4.79 Å². The van der Waals surface area contributed by atoms with Crippen LogP contribution in [0, 0.1) is 18.8 Å². The second kappa shape index (κ2) is 17.8. The van der Waals surface area contributed by atoms with Crippen molar-refractivity contribution in [1.82, 2.24) is 10.2 Å². The Morgan fingerprint density at radius 1 is 1.11 bits per heavy atom. The van der Waals surface area contributed by atoms with Crippen LogP contribution in [0.4, 0.5) is 0 Å². The van der Waals surface area contributed by atoms with Crippen molar-refractivity contribution >= 4 is 17.7 Å². The highest BCUT2D eigenvalue weighted by molar-refractivity contribution is 5.79. The minimum absolute atomic E-state index is 0.376. The Labute approximate surface area is 228 Å². The maximum Gasteiger partial charge on any atom is 0.225 e. The number of nitrogens with one attached hydrogen (secondary N) is 1. The van der Waals surface area contributed by atoms with Gasteiger partial charge in [-0.15, -0.1) is 0 Å². The Bertz CT molecular complexity index is 927. The molecule has 4 heteroatoms. The molecule has 1 aromatic rings. The monoisotopic (exact) mass is 507 g/mol. The number of nitrogens with zero attached hydrogens (tertiary/aromatic N) is 2. The van der Waals surface area contributed by atoms with E-state index in [9.17, 15) is 4.79 Å². The third-order valence-electron chi connectivity index (χ3n) is 7.13. The van der Waals surface area contributed by atoms with Gasteiger partial charge in [0.2, 0.25) is 5.91 Å². The molecule has 3 rings (SSSR count). The molecule has 1 aliphatic heterocycles. The van der Waals surface area contributed by atoms with E-state index >= 15 is 0 Å². The lowest BCUT2D eigenvalue weighted by atomic mass is 9.94. The molecule has 2 fully saturated rings. The number of carbonyl (C=O) groups excluding carboxylic acids is 1. The zero-order chi connectivity index (χ0) is 27.8. The zero-order valence-corrected chi connectivity index (χ0v) is 25.0. The van der Waals surface area contributed by atoms with Gasteiger partial charge in [-0.1, -0.05) is 74.3 Å². The quantitative estimate of drug-likeness (QED) is 0.313. The first-order chi connectivity index (χ1) is 17.6. The van der Waals surface area contributed by atoms with Crippen LogP contribution in [0.25, 0.3) is 5.57 Å². The largest absolute Gasteiger partial charge is 0.387 e. The number of likely N-dealkylation sites (tertiary alicyclic amines) is 1. The van der Waals surface area contributed by atoms with Crippen molar-refractivity contribution < 1.29 is 4.79 Å². The molecule has 1 N–H and O–H groups in total. The van der Waals surface area contributed by atoms with Crippen LogP contribution in [0.15, 0.2) is 58.8 Å². The van der Waals surface area contributed by atoms with E-state index in [0.717, 1.165) is 43.1 Å². The van der Waals surface area contributed by atoms with Crippen LogP contribution >= 0.6 is 0 Å². The minimum Gasteiger partial charge on any atom is -0.387 e. The third-order valence-corrected chi connectivity index (χ3v) is 7.13. The fraction of sp³-hybridized carbons (Fsp3) is 0.576. The second-order valence-electron chi connectivity index (χ2n) is 10.8. The summed E-state index contributed by atoms with van der Waals surface area (Å²) in [7, 11) is 3.66. The van der Waals surface area contributed by atoms with Crippen LogP contribution in [0.3, 0.4) is 0 Å². The maximum absolute atomic E-state index is 12.2. The van der Waals surface area contributed by atoms with Crippen molar-refractivity contribution in [1.29, 1.82) is 0 Å². The number of allylic oxidation sites excluding steroid dienone is 5. The van der Waals surface area contributed by atoms with E-state index < -0.39 is 0 Å². The SMILES string of the molecule is C=C(C=C(C)C)c1ccccc1C.CCC1CCCN(C(=O)C2CCCC2)C1.CN=CC(NC)=C(C)C. The Morgan fingerprint density at radius 2 is 1.76 bits per heavy atom. The van der Waals surface area contributed by atoms with Crippen molar-refractivity contribution in [3.05, 3.63) is 64.9 Å². The Balaban J connectivity index is 0.000000288. The third kappa shape index (κ3) is 12.0. The summed E-state index contributed by atoms with van der Waals surface area (Å²) in [4.78, 5) is 18.2. The van der Waals surface area contributed by atoms with Crippen LogP contribution < -0.4 is 5.32 Å². The zero-order valence-electron chi connectivity index (χ0n) is 25.0. The van der Waals surface area contributed by atoms with E-state index in [4.69, 9.17) is 0 Å². The van der Waals surface area contributed by atoms with Gasteiger partial charge in [0, 0.05) is 39.3 Å². The van der Waals surface area contributed by atoms with Gasteiger partial charge >= 0.3 is 0 Å². The standard InChI is InChI=1S/C13H23NO.C13H16.C7H14N2/c1-2-11-6-5-9-14(10-11)13(15)12-7-3-4-8-12;1-10(2)9-12(4)13-8-6-5-7-11(13)3;1-6(2)7(9-4)5-8-3/h11-12H,2-10H2,1H3;5-9H,4H2,1-3H3;5,9H,1-4H3. The Morgan fingerprint density at radius 3 is 2.24 bits per heavy atom. The second-order valence-corrected chi connectivity index (χ2v) is 10.8. The fourth-order valence-electron chi connectivity index (χ4n) is 4.96. The first-order valence-electron chi connectivity index (χ1n) is 14.1. The maximum atomic E-state index is 12.2. The molecule has 1 unspecified atom stereocenters. The van der Waals surface area contributed by atoms with Crippen molar-refractivity contribution in [2.75, 3.05) is 27.2 Å². The van der Waals surface area contributed by atoms with Gasteiger partial charge in [-0.2, -0.15) is 0 Å². The van der Waals surface area contributed by atoms with E-state index in [1.165, 1.54) is 54.4 Å². The first-order valence-corrected chi connectivity index (χ1v) is 14.1. The number of amides is 1. The lowest BCUT2D eigenvalue weighted by Crippen LogP contribution is -2.42. The molecule has 4 nitrogen and oxygen atoms in total. The highest BCUT2D eigenvalue weighted by atomic mass is 16.2. The molecule has 1 heterocycles. The summed E-state index contributed by atoms with van der Waals surface area (Å²) < 4.78 is 0. The average Bonchev–Trinajstić information content (AvgIpc) is 3.42. The molecule has 1 saturated carbocycles. The number of benzene rings is 1. The normalized spacial score (nSPS) is 17.2. The van der Waals surface area contributed by atoms with Gasteiger partial charge in [-0.05, 0) is 82.9 Å². The Kier molecular flexibility index (Phi) is 15.6. The van der Waals surface area contributed by atoms with Crippen molar-refractivity contribution in [3.8, 4) is 0 Å². The van der Waals surface area contributed by atoms with Gasteiger partial charge in [-0.3, -0.25) is 9.79 Å². The highest BCUT2D eigenvalue weighted by Crippen LogP contribution is 2.29. The van der Waals surface area contributed by atoms with E-state index in [2.05, 4.69) is 73.8 Å². The molecule has 1 aliphatic carbocycles. The molecule has 206 valence electrons. The average molecular weight is 508 g/mol. The number of piperidine rings is 1. The Hall–Kier alpha value is -2.62. The lowest BCUT2D eigenvalue weighted by molar-refractivity contribution is -0.137. The molecular formula is C33H53N3O. The molecule has 37 heavy (non-hydrogen) atoms. The van der Waals surface area contributed by atoms with Gasteiger partial charge in [0.1, 0.15) is 0 Å². The summed E-state index contributed by atoms with van der Waals surface area (Å²) >= 11 is 0. The number of rotatable bonds is 6. The summed E-state index contributed by atoms with van der Waals surface area (Å²) in [5, 5.41) is 3.03. The van der Waals surface area contributed by atoms with Gasteiger partial charge in [0.15, 0.2) is 0 Å². The molecule has 0 aromatic heterocycles. The number of hydrogen-bond donors (Lipinski definition) is 1. The molecule has 1 saturated heterocycles. The summed E-state index contributed by atoms with van der Waals surface area (Å²) in [5.74, 6) is 1.61. The van der Waals surface area contributed by atoms with Gasteiger partial charge in [0.05, 0.1) is 5.70 Å². The predicted octanol–water partition coefficient (Wildman–Crippen LogP) is 8.00. The van der Waals surface area contributed by atoms with Crippen LogP contribution in [-0.4, -0.2) is 44.2 Å². The van der Waals surface area contributed by atoms with Crippen molar-refractivity contribution in [2.45, 2.75) is 86.5 Å². The van der Waals surface area contributed by atoms with Crippen LogP contribution in [0.1, 0.15) is 90.7 Å². The highest BCUT2D eigenvalue weighted by Gasteiger charge is 2.29. The van der Waals surface area contributed by atoms with E-state index in [1.807, 2.05) is 33.2 Å². The minimum atomic E-state index is 0.376. The number of aryl methyl sites for hydroxylation is 1. The smallest absolute Gasteiger partial charge is 0.225 e. The predicted molar refractivity (Wildman–Crippen MR) is 163 cm³/mol. The number of aliphatic imine (C=N–C) groups is 1. The van der Waals surface area contributed by atoms with E-state index in [-0.39, 0.29) is 0 Å². The molecule has 1 aromatic carbocycles. The molecule has 0 bridgehead atoms. The van der Waals surface area contributed by atoms with Crippen molar-refractivity contribution in [3.63, 3.8) is 0 Å². The summed E-state index contributed by atoms with van der Waals surface area (Å²) in [6.45, 7) is 18.7. The lowest BCUT2D eigenvalue weighted by Gasteiger charge is -2.34. The summed E-state index contributed by atoms with van der Waals surface area (Å²) in [6.07, 6.45) is 12.5. The number of carbonyl (C=O) groups is 1. The molecule has 1 amide bonds. The van der Waals surface area contributed by atoms with E-state index in [1.54, 1.807) is 7.05 Å². The number of hydrogen-bond acceptors (Lipinski definition) is 3. The molecule has 0 spiro atoms. The van der Waals surface area contributed by atoms with Crippen LogP contribution in [0.2, 0.25) is 0 Å². The fourth-order valence-corrected chi connectivity index (χ4v) is 4.96. The topological polar surface area (TPSA) is 44.7 Å². The van der Waals surface area contributed by atoms with Crippen LogP contribution in [0.5, 0.6) is 0 Å². The molecular weight excluding hydrogens is 454 g/mol. The molecule has 2 aliphatic rings. The van der Waals surface area contributed by atoms with Gasteiger partial charge in [-0.25, -0.2) is 0 Å². The van der Waals surface area contributed by atoms with Crippen molar-refractivity contribution in [2.24, 2.45) is 16.8 Å². The van der Waals surface area contributed by atoms with Gasteiger partial charge < -0.3 is 10.2 Å². The summed E-state index contributed by atoms with van der Waals surface area (Å²) in [5.41, 5.74) is 7.25. The molecule has 0 radical (unpaired) electrons. The van der Waals surface area contributed by atoms with Gasteiger partial charge in [0.25, 0.3) is 0 Å². The molecule has 1 atom stereocenters. The first kappa shape index (κ1) is 32.4.